The summed E-state index contributed by atoms with van der Waals surface area (Å²) in [5.74, 6) is 1.61. The van der Waals surface area contributed by atoms with Gasteiger partial charge in [-0.3, -0.25) is 0 Å². The Morgan fingerprint density at radius 1 is 1.19 bits per heavy atom. The van der Waals surface area contributed by atoms with Gasteiger partial charge in [0.05, 0.1) is 14.2 Å². The van der Waals surface area contributed by atoms with Crippen molar-refractivity contribution in [2.24, 2.45) is 0 Å². The van der Waals surface area contributed by atoms with Crippen LogP contribution < -0.4 is 9.47 Å². The molecule has 0 aromatic heterocycles. The molecule has 0 heterocycles. The highest BCUT2D eigenvalue weighted by Crippen LogP contribution is 2.31. The van der Waals surface area contributed by atoms with Crippen LogP contribution in [0.3, 0.4) is 0 Å². The van der Waals surface area contributed by atoms with E-state index in [2.05, 4.69) is 6.92 Å². The van der Waals surface area contributed by atoms with Gasteiger partial charge in [-0.15, -0.1) is 0 Å². The molecule has 0 unspecified atom stereocenters. The third-order valence-corrected chi connectivity index (χ3v) is 2.49. The number of benzene rings is 1. The molecule has 0 atom stereocenters. The van der Waals surface area contributed by atoms with Gasteiger partial charge < -0.3 is 14.3 Å². The van der Waals surface area contributed by atoms with Crippen LogP contribution in [-0.2, 0) is 17.6 Å². The standard InChI is InChI=1S/C13H18O3/c1-4-5-11-12(15-2)8-10(6-7-14)9-13(11)16-3/h7-9H,4-6H2,1-3H3. The van der Waals surface area contributed by atoms with E-state index in [1.54, 1.807) is 14.2 Å². The van der Waals surface area contributed by atoms with E-state index in [-0.39, 0.29) is 0 Å². The Morgan fingerprint density at radius 3 is 2.12 bits per heavy atom. The van der Waals surface area contributed by atoms with Crippen molar-refractivity contribution >= 4 is 6.29 Å². The van der Waals surface area contributed by atoms with Gasteiger partial charge in [0.1, 0.15) is 17.8 Å². The summed E-state index contributed by atoms with van der Waals surface area (Å²) in [6.07, 6.45) is 3.21. The summed E-state index contributed by atoms with van der Waals surface area (Å²) in [7, 11) is 3.28. The summed E-state index contributed by atoms with van der Waals surface area (Å²) < 4.78 is 10.7. The maximum absolute atomic E-state index is 10.5. The molecule has 0 amide bonds. The number of rotatable bonds is 6. The SMILES string of the molecule is CCCc1c(OC)cc(CC=O)cc1OC. The topological polar surface area (TPSA) is 35.5 Å². The average molecular weight is 222 g/mol. The molecule has 0 saturated heterocycles. The van der Waals surface area contributed by atoms with Gasteiger partial charge in [0, 0.05) is 12.0 Å². The van der Waals surface area contributed by atoms with E-state index in [1.807, 2.05) is 12.1 Å². The van der Waals surface area contributed by atoms with Gasteiger partial charge in [-0.25, -0.2) is 0 Å². The minimum atomic E-state index is 0.388. The smallest absolute Gasteiger partial charge is 0.126 e. The van der Waals surface area contributed by atoms with E-state index in [9.17, 15) is 4.79 Å². The molecule has 0 spiro atoms. The highest BCUT2D eigenvalue weighted by atomic mass is 16.5. The molecule has 0 saturated carbocycles. The predicted molar refractivity (Wildman–Crippen MR) is 63.3 cm³/mol. The fraction of sp³-hybridized carbons (Fsp3) is 0.462. The van der Waals surface area contributed by atoms with Gasteiger partial charge in [0.25, 0.3) is 0 Å². The zero-order chi connectivity index (χ0) is 12.0. The number of ether oxygens (including phenoxy) is 2. The van der Waals surface area contributed by atoms with Crippen molar-refractivity contribution in [2.75, 3.05) is 14.2 Å². The molecule has 1 rings (SSSR count). The molecular weight excluding hydrogens is 204 g/mol. The molecule has 0 radical (unpaired) electrons. The number of carbonyl (C=O) groups is 1. The second kappa shape index (κ2) is 6.16. The van der Waals surface area contributed by atoms with Crippen molar-refractivity contribution in [3.05, 3.63) is 23.3 Å². The molecule has 0 bridgehead atoms. The molecule has 0 fully saturated rings. The third kappa shape index (κ3) is 2.75. The molecule has 3 nitrogen and oxygen atoms in total. The Hall–Kier alpha value is -1.51. The zero-order valence-electron chi connectivity index (χ0n) is 10.1. The Morgan fingerprint density at radius 2 is 1.75 bits per heavy atom. The van der Waals surface area contributed by atoms with Gasteiger partial charge >= 0.3 is 0 Å². The van der Waals surface area contributed by atoms with Crippen molar-refractivity contribution in [3.63, 3.8) is 0 Å². The lowest BCUT2D eigenvalue weighted by molar-refractivity contribution is -0.107. The first kappa shape index (κ1) is 12.6. The first-order chi connectivity index (χ1) is 7.76. The monoisotopic (exact) mass is 222 g/mol. The van der Waals surface area contributed by atoms with Crippen LogP contribution in [0, 0.1) is 0 Å². The van der Waals surface area contributed by atoms with Gasteiger partial charge in [-0.1, -0.05) is 13.3 Å². The second-order valence-corrected chi connectivity index (χ2v) is 3.60. The zero-order valence-corrected chi connectivity index (χ0v) is 10.1. The highest BCUT2D eigenvalue weighted by molar-refractivity contribution is 5.58. The molecule has 1 aromatic rings. The quantitative estimate of drug-likeness (QED) is 0.693. The van der Waals surface area contributed by atoms with Crippen LogP contribution in [0.4, 0.5) is 0 Å². The Balaban J connectivity index is 3.18. The average Bonchev–Trinajstić information content (AvgIpc) is 2.31. The third-order valence-electron chi connectivity index (χ3n) is 2.49. The Bertz CT molecular complexity index is 333. The Kier molecular flexibility index (Phi) is 4.83. The lowest BCUT2D eigenvalue weighted by Gasteiger charge is -2.14. The Labute approximate surface area is 96.4 Å². The van der Waals surface area contributed by atoms with Crippen LogP contribution in [-0.4, -0.2) is 20.5 Å². The van der Waals surface area contributed by atoms with Crippen molar-refractivity contribution in [1.29, 1.82) is 0 Å². The summed E-state index contributed by atoms with van der Waals surface area (Å²) >= 11 is 0. The van der Waals surface area contributed by atoms with E-state index in [1.165, 1.54) is 0 Å². The van der Waals surface area contributed by atoms with Crippen LogP contribution in [0.25, 0.3) is 0 Å². The maximum atomic E-state index is 10.5. The van der Waals surface area contributed by atoms with Crippen LogP contribution in [0.1, 0.15) is 24.5 Å². The van der Waals surface area contributed by atoms with E-state index in [4.69, 9.17) is 9.47 Å². The van der Waals surface area contributed by atoms with Gasteiger partial charge in [0.15, 0.2) is 0 Å². The fourth-order valence-corrected chi connectivity index (χ4v) is 1.75. The maximum Gasteiger partial charge on any atom is 0.126 e. The largest absolute Gasteiger partial charge is 0.496 e. The summed E-state index contributed by atoms with van der Waals surface area (Å²) in [6.45, 7) is 2.11. The number of aldehydes is 1. The number of carbonyl (C=O) groups excluding carboxylic acids is 1. The first-order valence-electron chi connectivity index (χ1n) is 5.44. The van der Waals surface area contributed by atoms with Crippen molar-refractivity contribution in [3.8, 4) is 11.5 Å². The summed E-state index contributed by atoms with van der Waals surface area (Å²) in [5, 5.41) is 0. The van der Waals surface area contributed by atoms with Gasteiger partial charge in [-0.2, -0.15) is 0 Å². The second-order valence-electron chi connectivity index (χ2n) is 3.60. The summed E-state index contributed by atoms with van der Waals surface area (Å²) in [5.41, 5.74) is 1.99. The molecule has 0 N–H and O–H groups in total. The molecule has 3 heteroatoms. The first-order valence-corrected chi connectivity index (χ1v) is 5.44. The molecule has 88 valence electrons. The molecule has 1 aromatic carbocycles. The van der Waals surface area contributed by atoms with E-state index in [0.717, 1.165) is 41.8 Å². The highest BCUT2D eigenvalue weighted by Gasteiger charge is 2.11. The molecule has 0 aliphatic rings. The predicted octanol–water partition coefficient (Wildman–Crippen LogP) is 2.40. The van der Waals surface area contributed by atoms with E-state index < -0.39 is 0 Å². The molecular formula is C13H18O3. The molecule has 0 aliphatic heterocycles. The van der Waals surface area contributed by atoms with Crippen LogP contribution >= 0.6 is 0 Å². The lowest BCUT2D eigenvalue weighted by Crippen LogP contribution is -1.99. The van der Waals surface area contributed by atoms with Crippen LogP contribution in [0.2, 0.25) is 0 Å². The fourth-order valence-electron chi connectivity index (χ4n) is 1.75. The normalized spacial score (nSPS) is 9.94. The van der Waals surface area contributed by atoms with Gasteiger partial charge in [0.2, 0.25) is 0 Å². The summed E-state index contributed by atoms with van der Waals surface area (Å²) in [4.78, 5) is 10.5. The van der Waals surface area contributed by atoms with Crippen molar-refractivity contribution in [2.45, 2.75) is 26.2 Å². The van der Waals surface area contributed by atoms with E-state index >= 15 is 0 Å². The van der Waals surface area contributed by atoms with Crippen LogP contribution in [0.15, 0.2) is 12.1 Å². The summed E-state index contributed by atoms with van der Waals surface area (Å²) in [6, 6.07) is 3.81. The van der Waals surface area contributed by atoms with Gasteiger partial charge in [-0.05, 0) is 24.1 Å². The minimum absolute atomic E-state index is 0.388. The molecule has 0 aliphatic carbocycles. The van der Waals surface area contributed by atoms with Crippen molar-refractivity contribution in [1.82, 2.24) is 0 Å². The van der Waals surface area contributed by atoms with E-state index in [0.29, 0.717) is 6.42 Å². The van der Waals surface area contributed by atoms with Crippen molar-refractivity contribution < 1.29 is 14.3 Å². The minimum Gasteiger partial charge on any atom is -0.496 e. The molecule has 16 heavy (non-hydrogen) atoms. The lowest BCUT2D eigenvalue weighted by atomic mass is 10.0. The number of hydrogen-bond acceptors (Lipinski definition) is 3. The number of methoxy groups -OCH3 is 2. The number of hydrogen-bond donors (Lipinski definition) is 0. The van der Waals surface area contributed by atoms with Crippen LogP contribution in [0.5, 0.6) is 11.5 Å².